The van der Waals surface area contributed by atoms with Crippen LogP contribution in [0.2, 0.25) is 5.02 Å². The first-order valence-electron chi connectivity index (χ1n) is 6.46. The maximum absolute atomic E-state index is 12.7. The highest BCUT2D eigenvalue weighted by atomic mass is 35.5. The quantitative estimate of drug-likeness (QED) is 0.932. The fourth-order valence-corrected chi connectivity index (χ4v) is 2.18. The zero-order valence-corrected chi connectivity index (χ0v) is 13.3. The zero-order valence-electron chi connectivity index (χ0n) is 11.8. The van der Waals surface area contributed by atoms with Gasteiger partial charge in [-0.2, -0.15) is 0 Å². The maximum atomic E-state index is 12.7. The van der Waals surface area contributed by atoms with Crippen LogP contribution >= 0.6 is 24.0 Å². The minimum Gasteiger partial charge on any atom is -0.329 e. The first-order chi connectivity index (χ1) is 9.63. The van der Waals surface area contributed by atoms with Crippen LogP contribution < -0.4 is 10.6 Å². The van der Waals surface area contributed by atoms with Gasteiger partial charge in [-0.05, 0) is 42.8 Å². The number of anilines is 1. The lowest BCUT2D eigenvalue weighted by atomic mass is 10.1. The van der Waals surface area contributed by atoms with E-state index in [-0.39, 0.29) is 18.3 Å². The van der Waals surface area contributed by atoms with Crippen molar-refractivity contribution in [1.82, 2.24) is 0 Å². The van der Waals surface area contributed by atoms with Crippen molar-refractivity contribution >= 4 is 35.6 Å². The zero-order chi connectivity index (χ0) is 14.5. The molecule has 3 nitrogen and oxygen atoms in total. The summed E-state index contributed by atoms with van der Waals surface area (Å²) < 4.78 is 0. The van der Waals surface area contributed by atoms with Gasteiger partial charge in [0.25, 0.3) is 5.91 Å². The molecule has 0 heterocycles. The van der Waals surface area contributed by atoms with E-state index in [0.717, 1.165) is 11.3 Å². The normalized spacial score (nSPS) is 9.86. The molecule has 0 aliphatic rings. The Balaban J connectivity index is 0.00000220. The highest BCUT2D eigenvalue weighted by molar-refractivity contribution is 6.30. The second-order valence-corrected chi connectivity index (χ2v) is 4.97. The predicted octanol–water partition coefficient (Wildman–Crippen LogP) is 3.68. The van der Waals surface area contributed by atoms with Crippen molar-refractivity contribution in [2.24, 2.45) is 5.73 Å². The van der Waals surface area contributed by atoms with Gasteiger partial charge in [-0.1, -0.05) is 29.8 Å². The van der Waals surface area contributed by atoms with Crippen LogP contribution in [0.5, 0.6) is 0 Å². The van der Waals surface area contributed by atoms with Crippen LogP contribution in [-0.2, 0) is 0 Å². The van der Waals surface area contributed by atoms with Crippen molar-refractivity contribution in [3.05, 3.63) is 64.7 Å². The lowest BCUT2D eigenvalue weighted by Gasteiger charge is -2.23. The number of carbonyl (C=O) groups is 1. The van der Waals surface area contributed by atoms with E-state index in [4.69, 9.17) is 17.3 Å². The molecule has 0 unspecified atom stereocenters. The number of amides is 1. The van der Waals surface area contributed by atoms with E-state index in [1.807, 2.05) is 43.3 Å². The molecule has 0 fully saturated rings. The Labute approximate surface area is 136 Å². The number of hydrogen-bond donors (Lipinski definition) is 1. The monoisotopic (exact) mass is 324 g/mol. The summed E-state index contributed by atoms with van der Waals surface area (Å²) in [7, 11) is 0. The van der Waals surface area contributed by atoms with Gasteiger partial charge >= 0.3 is 0 Å². The van der Waals surface area contributed by atoms with Crippen molar-refractivity contribution in [2.75, 3.05) is 18.0 Å². The van der Waals surface area contributed by atoms with Gasteiger partial charge in [-0.25, -0.2) is 0 Å². The summed E-state index contributed by atoms with van der Waals surface area (Å²) in [6, 6.07) is 14.7. The highest BCUT2D eigenvalue weighted by Crippen LogP contribution is 2.21. The fraction of sp³-hybridized carbons (Fsp3) is 0.188. The molecular formula is C16H18Cl2N2O. The van der Waals surface area contributed by atoms with Gasteiger partial charge in [0.15, 0.2) is 0 Å². The van der Waals surface area contributed by atoms with E-state index < -0.39 is 0 Å². The molecule has 0 saturated heterocycles. The van der Waals surface area contributed by atoms with Gasteiger partial charge in [-0.15, -0.1) is 12.4 Å². The predicted molar refractivity (Wildman–Crippen MR) is 90.6 cm³/mol. The molecule has 0 bridgehead atoms. The number of nitrogens with two attached hydrogens (primary N) is 1. The summed E-state index contributed by atoms with van der Waals surface area (Å²) in [5.41, 5.74) is 8.07. The highest BCUT2D eigenvalue weighted by Gasteiger charge is 2.18. The van der Waals surface area contributed by atoms with Gasteiger partial charge in [-0.3, -0.25) is 4.79 Å². The van der Waals surface area contributed by atoms with Crippen molar-refractivity contribution in [2.45, 2.75) is 6.92 Å². The van der Waals surface area contributed by atoms with E-state index in [0.29, 0.717) is 23.7 Å². The van der Waals surface area contributed by atoms with Crippen molar-refractivity contribution in [3.8, 4) is 0 Å². The van der Waals surface area contributed by atoms with Crippen LogP contribution in [0.3, 0.4) is 0 Å². The summed E-state index contributed by atoms with van der Waals surface area (Å²) in [6.07, 6.45) is 0. The molecule has 0 aromatic heterocycles. The molecule has 0 atom stereocenters. The number of hydrogen-bond acceptors (Lipinski definition) is 2. The Morgan fingerprint density at radius 3 is 2.33 bits per heavy atom. The van der Waals surface area contributed by atoms with Crippen molar-refractivity contribution in [3.63, 3.8) is 0 Å². The minimum absolute atomic E-state index is 0. The molecule has 2 rings (SSSR count). The largest absolute Gasteiger partial charge is 0.329 e. The average molecular weight is 325 g/mol. The molecule has 112 valence electrons. The number of halogens is 2. The third-order valence-electron chi connectivity index (χ3n) is 3.11. The van der Waals surface area contributed by atoms with E-state index in [1.165, 1.54) is 0 Å². The third-order valence-corrected chi connectivity index (χ3v) is 3.36. The molecule has 0 saturated carbocycles. The summed E-state index contributed by atoms with van der Waals surface area (Å²) in [5, 5.41) is 0.643. The molecule has 0 spiro atoms. The first-order valence-corrected chi connectivity index (χ1v) is 6.84. The Bertz CT molecular complexity index is 599. The molecule has 5 heteroatoms. The number of aryl methyl sites for hydroxylation is 1. The number of rotatable bonds is 4. The molecule has 0 aliphatic carbocycles. The number of nitrogens with zero attached hydrogens (tertiary/aromatic N) is 1. The molecule has 0 aliphatic heterocycles. The molecule has 2 aromatic carbocycles. The van der Waals surface area contributed by atoms with Crippen LogP contribution in [0.15, 0.2) is 48.5 Å². The average Bonchev–Trinajstić information content (AvgIpc) is 2.46. The summed E-state index contributed by atoms with van der Waals surface area (Å²) >= 11 is 5.89. The second-order valence-electron chi connectivity index (χ2n) is 4.54. The Morgan fingerprint density at radius 1 is 1.14 bits per heavy atom. The van der Waals surface area contributed by atoms with E-state index in [9.17, 15) is 4.79 Å². The topological polar surface area (TPSA) is 46.3 Å². The molecule has 2 aromatic rings. The van der Waals surface area contributed by atoms with E-state index in [1.54, 1.807) is 17.0 Å². The van der Waals surface area contributed by atoms with Crippen LogP contribution in [0.1, 0.15) is 15.9 Å². The summed E-state index contributed by atoms with van der Waals surface area (Å²) in [5.74, 6) is -0.0455. The Morgan fingerprint density at radius 2 is 1.76 bits per heavy atom. The second kappa shape index (κ2) is 8.03. The molecule has 21 heavy (non-hydrogen) atoms. The third kappa shape index (κ3) is 4.21. The lowest BCUT2D eigenvalue weighted by molar-refractivity contribution is 0.0987. The standard InChI is InChI=1S/C16H17ClN2O.ClH/c1-12-4-2-3-5-15(12)16(20)19(11-10-18)14-8-6-13(17)7-9-14;/h2-9H,10-11,18H2,1H3;1H. The van der Waals surface area contributed by atoms with Crippen LogP contribution in [0.25, 0.3) is 0 Å². The fourth-order valence-electron chi connectivity index (χ4n) is 2.06. The smallest absolute Gasteiger partial charge is 0.258 e. The SMILES string of the molecule is Cc1ccccc1C(=O)N(CCN)c1ccc(Cl)cc1.Cl. The van der Waals surface area contributed by atoms with E-state index >= 15 is 0 Å². The van der Waals surface area contributed by atoms with Gasteiger partial charge < -0.3 is 10.6 Å². The van der Waals surface area contributed by atoms with E-state index in [2.05, 4.69) is 0 Å². The Kier molecular flexibility index (Phi) is 6.69. The van der Waals surface area contributed by atoms with Crippen molar-refractivity contribution < 1.29 is 4.79 Å². The van der Waals surface area contributed by atoms with Gasteiger partial charge in [0.05, 0.1) is 0 Å². The molecular weight excluding hydrogens is 307 g/mol. The molecule has 0 radical (unpaired) electrons. The van der Waals surface area contributed by atoms with Gasteiger partial charge in [0.1, 0.15) is 0 Å². The summed E-state index contributed by atoms with van der Waals surface area (Å²) in [6.45, 7) is 2.80. The Hall–Kier alpha value is -1.55. The first kappa shape index (κ1) is 17.5. The van der Waals surface area contributed by atoms with Crippen LogP contribution in [0, 0.1) is 6.92 Å². The minimum atomic E-state index is -0.0455. The molecule has 1 amide bonds. The van der Waals surface area contributed by atoms with Crippen LogP contribution in [0.4, 0.5) is 5.69 Å². The van der Waals surface area contributed by atoms with Gasteiger partial charge in [0, 0.05) is 29.4 Å². The van der Waals surface area contributed by atoms with Crippen LogP contribution in [-0.4, -0.2) is 19.0 Å². The summed E-state index contributed by atoms with van der Waals surface area (Å²) in [4.78, 5) is 14.4. The van der Waals surface area contributed by atoms with Gasteiger partial charge in [0.2, 0.25) is 0 Å². The maximum Gasteiger partial charge on any atom is 0.258 e. The molecule has 2 N–H and O–H groups in total. The number of benzene rings is 2. The van der Waals surface area contributed by atoms with Crippen molar-refractivity contribution in [1.29, 1.82) is 0 Å². The number of carbonyl (C=O) groups excluding carboxylic acids is 1. The lowest BCUT2D eigenvalue weighted by Crippen LogP contribution is -2.35.